The molecule has 0 aliphatic carbocycles. The molecular formula is C12H20N2O2. The van der Waals surface area contributed by atoms with Crippen LogP contribution in [0.3, 0.4) is 0 Å². The average molecular weight is 224 g/mol. The molecule has 4 heteroatoms. The van der Waals surface area contributed by atoms with Crippen LogP contribution < -0.4 is 5.32 Å². The zero-order valence-corrected chi connectivity index (χ0v) is 9.61. The van der Waals surface area contributed by atoms with Gasteiger partial charge in [0, 0.05) is 18.5 Å². The lowest BCUT2D eigenvalue weighted by Crippen LogP contribution is -2.59. The van der Waals surface area contributed by atoms with E-state index in [4.69, 9.17) is 10.00 Å². The molecule has 2 saturated heterocycles. The summed E-state index contributed by atoms with van der Waals surface area (Å²) < 4.78 is 5.46. The van der Waals surface area contributed by atoms with E-state index in [2.05, 4.69) is 11.4 Å². The van der Waals surface area contributed by atoms with Gasteiger partial charge in [-0.25, -0.2) is 0 Å². The van der Waals surface area contributed by atoms with Crippen molar-refractivity contribution in [3.05, 3.63) is 0 Å². The number of nitrogens with one attached hydrogen (secondary N) is 1. The average Bonchev–Trinajstić information content (AvgIpc) is 2.24. The lowest BCUT2D eigenvalue weighted by atomic mass is 9.79. The molecule has 0 aromatic carbocycles. The van der Waals surface area contributed by atoms with Gasteiger partial charge in [-0.05, 0) is 32.1 Å². The zero-order chi connectivity index (χ0) is 11.4. The van der Waals surface area contributed by atoms with Gasteiger partial charge in [0.05, 0.1) is 24.9 Å². The normalized spacial score (nSPS) is 38.0. The molecule has 2 atom stereocenters. The molecule has 2 bridgehead atoms. The Balaban J connectivity index is 1.80. The molecular weight excluding hydrogens is 204 g/mol. The predicted molar refractivity (Wildman–Crippen MR) is 59.8 cm³/mol. The molecule has 2 fully saturated rings. The van der Waals surface area contributed by atoms with Gasteiger partial charge in [-0.15, -0.1) is 0 Å². The van der Waals surface area contributed by atoms with Gasteiger partial charge in [0.25, 0.3) is 0 Å². The highest BCUT2D eigenvalue weighted by molar-refractivity contribution is 4.97. The second kappa shape index (κ2) is 5.13. The van der Waals surface area contributed by atoms with Gasteiger partial charge in [0.1, 0.15) is 0 Å². The predicted octanol–water partition coefficient (Wildman–Crippen LogP) is 0.952. The largest absolute Gasteiger partial charge is 0.390 e. The van der Waals surface area contributed by atoms with E-state index >= 15 is 0 Å². The Bertz CT molecular complexity index is 263. The van der Waals surface area contributed by atoms with Crippen molar-refractivity contribution in [3.8, 4) is 6.07 Å². The van der Waals surface area contributed by atoms with Crippen LogP contribution in [-0.4, -0.2) is 36.0 Å². The molecule has 0 aromatic rings. The molecule has 2 heterocycles. The van der Waals surface area contributed by atoms with Gasteiger partial charge >= 0.3 is 0 Å². The monoisotopic (exact) mass is 224 g/mol. The van der Waals surface area contributed by atoms with Crippen molar-refractivity contribution >= 4 is 0 Å². The van der Waals surface area contributed by atoms with Crippen molar-refractivity contribution in [2.24, 2.45) is 0 Å². The molecule has 90 valence electrons. The molecule has 0 radical (unpaired) electrons. The summed E-state index contributed by atoms with van der Waals surface area (Å²) in [6.45, 7) is 1.44. The van der Waals surface area contributed by atoms with Gasteiger partial charge in [0.2, 0.25) is 0 Å². The number of nitrogens with zero attached hydrogens (tertiary/aromatic N) is 1. The summed E-state index contributed by atoms with van der Waals surface area (Å²) in [6.07, 6.45) is 4.85. The van der Waals surface area contributed by atoms with Crippen LogP contribution in [0.15, 0.2) is 0 Å². The van der Waals surface area contributed by atoms with Crippen LogP contribution in [0.5, 0.6) is 0 Å². The van der Waals surface area contributed by atoms with Crippen molar-refractivity contribution < 1.29 is 9.84 Å². The smallest absolute Gasteiger partial charge is 0.0679 e. The van der Waals surface area contributed by atoms with E-state index in [1.165, 1.54) is 0 Å². The van der Waals surface area contributed by atoms with Crippen LogP contribution in [0, 0.1) is 11.3 Å². The highest BCUT2D eigenvalue weighted by atomic mass is 16.5. The Morgan fingerprint density at radius 1 is 1.31 bits per heavy atom. The van der Waals surface area contributed by atoms with Crippen LogP contribution in [0.1, 0.15) is 38.5 Å². The summed E-state index contributed by atoms with van der Waals surface area (Å²) >= 11 is 0. The number of rotatable bonds is 4. The lowest BCUT2D eigenvalue weighted by Gasteiger charge is -2.45. The van der Waals surface area contributed by atoms with Crippen LogP contribution in [0.2, 0.25) is 0 Å². The zero-order valence-electron chi connectivity index (χ0n) is 9.61. The number of morpholine rings is 1. The summed E-state index contributed by atoms with van der Waals surface area (Å²) in [4.78, 5) is 0. The Morgan fingerprint density at radius 3 is 2.62 bits per heavy atom. The molecule has 2 N–H and O–H groups in total. The minimum atomic E-state index is -0.528. The minimum Gasteiger partial charge on any atom is -0.390 e. The van der Waals surface area contributed by atoms with Gasteiger partial charge in [0.15, 0.2) is 0 Å². The first-order valence-corrected chi connectivity index (χ1v) is 6.15. The van der Waals surface area contributed by atoms with E-state index in [1.807, 2.05) is 0 Å². The lowest BCUT2D eigenvalue weighted by molar-refractivity contribution is -0.0807. The molecule has 2 aliphatic rings. The maximum Gasteiger partial charge on any atom is 0.0679 e. The first-order chi connectivity index (χ1) is 7.72. The van der Waals surface area contributed by atoms with E-state index in [-0.39, 0.29) is 0 Å². The number of piperidine rings is 1. The fourth-order valence-electron chi connectivity index (χ4n) is 2.88. The van der Waals surface area contributed by atoms with E-state index in [0.717, 1.165) is 45.3 Å². The molecule has 2 rings (SSSR count). The van der Waals surface area contributed by atoms with Crippen LogP contribution in [0.25, 0.3) is 0 Å². The van der Waals surface area contributed by atoms with Crippen molar-refractivity contribution in [3.63, 3.8) is 0 Å². The van der Waals surface area contributed by atoms with E-state index in [9.17, 15) is 5.11 Å². The first-order valence-electron chi connectivity index (χ1n) is 6.15. The summed E-state index contributed by atoms with van der Waals surface area (Å²) in [5, 5.41) is 22.4. The third-order valence-electron chi connectivity index (χ3n) is 3.54. The number of nitriles is 1. The van der Waals surface area contributed by atoms with E-state index in [0.29, 0.717) is 18.5 Å². The van der Waals surface area contributed by atoms with Crippen LogP contribution >= 0.6 is 0 Å². The Labute approximate surface area is 96.6 Å². The highest BCUT2D eigenvalue weighted by Gasteiger charge is 2.40. The molecule has 0 aromatic heterocycles. The fraction of sp³-hybridized carbons (Fsp3) is 0.917. The van der Waals surface area contributed by atoms with Gasteiger partial charge < -0.3 is 15.2 Å². The number of hydrogen-bond donors (Lipinski definition) is 2. The van der Waals surface area contributed by atoms with Gasteiger partial charge in [-0.2, -0.15) is 5.26 Å². The summed E-state index contributed by atoms with van der Waals surface area (Å²) in [5.41, 5.74) is -0.528. The fourth-order valence-corrected chi connectivity index (χ4v) is 2.88. The Kier molecular flexibility index (Phi) is 3.80. The van der Waals surface area contributed by atoms with Gasteiger partial charge in [-0.1, -0.05) is 0 Å². The molecule has 2 aliphatic heterocycles. The molecule has 0 saturated carbocycles. The number of ether oxygens (including phenoxy) is 1. The SMILES string of the molecule is N#CCCCCC1(O)CC2COCC(C1)N2. The molecule has 0 amide bonds. The van der Waals surface area contributed by atoms with Crippen LogP contribution in [0.4, 0.5) is 0 Å². The van der Waals surface area contributed by atoms with E-state index < -0.39 is 5.60 Å². The highest BCUT2D eigenvalue weighted by Crippen LogP contribution is 2.32. The second-order valence-electron chi connectivity index (χ2n) is 5.10. The standard InChI is InChI=1S/C12H20N2O2/c13-5-3-1-2-4-12(15)6-10-8-16-9-11(7-12)14-10/h10-11,14-15H,1-4,6-9H2. The van der Waals surface area contributed by atoms with E-state index in [1.54, 1.807) is 0 Å². The molecule has 16 heavy (non-hydrogen) atoms. The van der Waals surface area contributed by atoms with Crippen molar-refractivity contribution in [2.75, 3.05) is 13.2 Å². The maximum atomic E-state index is 10.5. The summed E-state index contributed by atoms with van der Waals surface area (Å²) in [7, 11) is 0. The minimum absolute atomic E-state index is 0.313. The topological polar surface area (TPSA) is 65.3 Å². The van der Waals surface area contributed by atoms with Crippen molar-refractivity contribution in [2.45, 2.75) is 56.2 Å². The number of hydrogen-bond acceptors (Lipinski definition) is 4. The third kappa shape index (κ3) is 2.94. The first kappa shape index (κ1) is 11.8. The number of unbranched alkanes of at least 4 members (excludes halogenated alkanes) is 2. The number of aliphatic hydroxyl groups is 1. The maximum absolute atomic E-state index is 10.5. The molecule has 0 spiro atoms. The summed E-state index contributed by atoms with van der Waals surface area (Å²) in [6, 6.07) is 2.77. The Morgan fingerprint density at radius 2 is 2.00 bits per heavy atom. The van der Waals surface area contributed by atoms with Crippen molar-refractivity contribution in [1.29, 1.82) is 5.26 Å². The van der Waals surface area contributed by atoms with Crippen molar-refractivity contribution in [1.82, 2.24) is 5.32 Å². The number of fused-ring (bicyclic) bond motifs is 2. The summed E-state index contributed by atoms with van der Waals surface area (Å²) in [5.74, 6) is 0. The molecule has 2 unspecified atom stereocenters. The quantitative estimate of drug-likeness (QED) is 0.698. The second-order valence-corrected chi connectivity index (χ2v) is 5.10. The molecule has 4 nitrogen and oxygen atoms in total. The van der Waals surface area contributed by atoms with Gasteiger partial charge in [-0.3, -0.25) is 0 Å². The third-order valence-corrected chi connectivity index (χ3v) is 3.54. The van der Waals surface area contributed by atoms with Crippen LogP contribution in [-0.2, 0) is 4.74 Å². The Hall–Kier alpha value is -0.630.